The second kappa shape index (κ2) is 4.89. The van der Waals surface area contributed by atoms with E-state index in [4.69, 9.17) is 4.42 Å². The zero-order valence-corrected chi connectivity index (χ0v) is 11.2. The summed E-state index contributed by atoms with van der Waals surface area (Å²) in [6, 6.07) is 4.99. The number of H-pyrrole nitrogens is 1. The molecule has 1 heterocycles. The molecular formula is C13H17N3O3. The fourth-order valence-electron chi connectivity index (χ4n) is 1.58. The number of anilines is 1. The minimum Gasteiger partial charge on any atom is -0.408 e. The van der Waals surface area contributed by atoms with E-state index >= 15 is 0 Å². The summed E-state index contributed by atoms with van der Waals surface area (Å²) in [7, 11) is 0. The van der Waals surface area contributed by atoms with Gasteiger partial charge >= 0.3 is 5.76 Å². The summed E-state index contributed by atoms with van der Waals surface area (Å²) in [5, 5.41) is 5.85. The van der Waals surface area contributed by atoms with Crippen molar-refractivity contribution in [1.29, 1.82) is 0 Å². The van der Waals surface area contributed by atoms with E-state index in [0.717, 1.165) is 0 Å². The molecule has 1 aromatic carbocycles. The standard InChI is InChI=1S/C13H17N3O3/c1-13(2,3)14-7-11(17)15-8-4-5-10-9(6-8)16-12(18)19-10/h4-6,14H,7H2,1-3H3,(H,15,17)(H,16,18). The lowest BCUT2D eigenvalue weighted by atomic mass is 10.1. The number of benzene rings is 1. The van der Waals surface area contributed by atoms with Crippen LogP contribution in [0.2, 0.25) is 0 Å². The molecule has 0 atom stereocenters. The Morgan fingerprint density at radius 1 is 1.37 bits per heavy atom. The Labute approximate surface area is 110 Å². The van der Waals surface area contributed by atoms with Crippen LogP contribution >= 0.6 is 0 Å². The molecule has 0 aliphatic rings. The van der Waals surface area contributed by atoms with Crippen LogP contribution in [0, 0.1) is 0 Å². The normalized spacial score (nSPS) is 11.7. The summed E-state index contributed by atoms with van der Waals surface area (Å²) >= 11 is 0. The van der Waals surface area contributed by atoms with Gasteiger partial charge in [-0.3, -0.25) is 9.78 Å². The highest BCUT2D eigenvalue weighted by molar-refractivity contribution is 5.94. The van der Waals surface area contributed by atoms with E-state index in [9.17, 15) is 9.59 Å². The third-order valence-electron chi connectivity index (χ3n) is 2.48. The van der Waals surface area contributed by atoms with Crippen LogP contribution in [-0.2, 0) is 4.79 Å². The fraction of sp³-hybridized carbons (Fsp3) is 0.385. The Hall–Kier alpha value is -2.08. The number of amides is 1. The molecule has 0 saturated carbocycles. The van der Waals surface area contributed by atoms with Gasteiger partial charge in [0.2, 0.25) is 5.91 Å². The van der Waals surface area contributed by atoms with Gasteiger partial charge in [-0.15, -0.1) is 0 Å². The lowest BCUT2D eigenvalue weighted by molar-refractivity contribution is -0.115. The van der Waals surface area contributed by atoms with Crippen LogP contribution in [0.15, 0.2) is 27.4 Å². The van der Waals surface area contributed by atoms with Crippen molar-refractivity contribution in [2.24, 2.45) is 0 Å². The number of carbonyl (C=O) groups is 1. The van der Waals surface area contributed by atoms with Gasteiger partial charge in [0, 0.05) is 11.2 Å². The average molecular weight is 263 g/mol. The van der Waals surface area contributed by atoms with Crippen LogP contribution in [0.25, 0.3) is 11.1 Å². The highest BCUT2D eigenvalue weighted by atomic mass is 16.4. The van der Waals surface area contributed by atoms with Gasteiger partial charge in [0.05, 0.1) is 12.1 Å². The lowest BCUT2D eigenvalue weighted by Gasteiger charge is -2.19. The summed E-state index contributed by atoms with van der Waals surface area (Å²) in [5.74, 6) is -0.645. The lowest BCUT2D eigenvalue weighted by Crippen LogP contribution is -2.41. The number of oxazole rings is 1. The maximum atomic E-state index is 11.7. The van der Waals surface area contributed by atoms with E-state index in [-0.39, 0.29) is 18.0 Å². The number of rotatable bonds is 3. The van der Waals surface area contributed by atoms with Crippen molar-refractivity contribution in [2.75, 3.05) is 11.9 Å². The molecule has 3 N–H and O–H groups in total. The van der Waals surface area contributed by atoms with E-state index in [2.05, 4.69) is 15.6 Å². The Bertz CT molecular complexity index is 649. The van der Waals surface area contributed by atoms with Crippen molar-refractivity contribution < 1.29 is 9.21 Å². The van der Waals surface area contributed by atoms with E-state index in [1.807, 2.05) is 20.8 Å². The second-order valence-electron chi connectivity index (χ2n) is 5.38. The van der Waals surface area contributed by atoms with Crippen molar-refractivity contribution in [1.82, 2.24) is 10.3 Å². The SMILES string of the molecule is CC(C)(C)NCC(=O)Nc1ccc2oc(=O)[nH]c2c1. The molecule has 0 bridgehead atoms. The van der Waals surface area contributed by atoms with Gasteiger partial charge in [0.25, 0.3) is 0 Å². The minimum atomic E-state index is -0.507. The molecule has 102 valence electrons. The topological polar surface area (TPSA) is 87.1 Å². The fourth-order valence-corrected chi connectivity index (χ4v) is 1.58. The van der Waals surface area contributed by atoms with E-state index < -0.39 is 5.76 Å². The Morgan fingerprint density at radius 2 is 2.11 bits per heavy atom. The quantitative estimate of drug-likeness (QED) is 0.782. The van der Waals surface area contributed by atoms with Crippen LogP contribution in [0.1, 0.15) is 20.8 Å². The van der Waals surface area contributed by atoms with E-state index in [1.54, 1.807) is 18.2 Å². The second-order valence-corrected chi connectivity index (χ2v) is 5.38. The van der Waals surface area contributed by atoms with Crippen molar-refractivity contribution in [3.63, 3.8) is 0 Å². The number of aromatic nitrogens is 1. The first-order chi connectivity index (χ1) is 8.83. The van der Waals surface area contributed by atoms with Gasteiger partial charge < -0.3 is 15.1 Å². The van der Waals surface area contributed by atoms with Gasteiger partial charge in [0.1, 0.15) is 0 Å². The van der Waals surface area contributed by atoms with Gasteiger partial charge in [-0.1, -0.05) is 0 Å². The average Bonchev–Trinajstić information content (AvgIpc) is 2.65. The number of hydrogen-bond acceptors (Lipinski definition) is 4. The number of aromatic amines is 1. The predicted molar refractivity (Wildman–Crippen MR) is 73.2 cm³/mol. The molecule has 0 saturated heterocycles. The number of nitrogens with one attached hydrogen (secondary N) is 3. The minimum absolute atomic E-state index is 0.114. The summed E-state index contributed by atoms with van der Waals surface area (Å²) in [6.45, 7) is 6.19. The zero-order chi connectivity index (χ0) is 14.0. The molecule has 2 rings (SSSR count). The summed E-state index contributed by atoms with van der Waals surface area (Å²) in [6.07, 6.45) is 0. The van der Waals surface area contributed by atoms with Crippen LogP contribution < -0.4 is 16.4 Å². The van der Waals surface area contributed by atoms with Crippen LogP contribution in [0.4, 0.5) is 5.69 Å². The van der Waals surface area contributed by atoms with Crippen molar-refractivity contribution in [3.05, 3.63) is 28.7 Å². The summed E-state index contributed by atoms with van der Waals surface area (Å²) in [4.78, 5) is 25.3. The van der Waals surface area contributed by atoms with Crippen LogP contribution in [0.3, 0.4) is 0 Å². The third kappa shape index (κ3) is 3.69. The first-order valence-electron chi connectivity index (χ1n) is 6.01. The van der Waals surface area contributed by atoms with Gasteiger partial charge in [-0.25, -0.2) is 4.79 Å². The number of hydrogen-bond donors (Lipinski definition) is 3. The molecule has 0 radical (unpaired) electrons. The third-order valence-corrected chi connectivity index (χ3v) is 2.48. The van der Waals surface area contributed by atoms with E-state index in [1.165, 1.54) is 0 Å². The molecule has 19 heavy (non-hydrogen) atoms. The molecule has 6 heteroatoms. The summed E-state index contributed by atoms with van der Waals surface area (Å²) < 4.78 is 4.88. The maximum Gasteiger partial charge on any atom is 0.417 e. The molecule has 0 spiro atoms. The Balaban J connectivity index is 2.04. The monoisotopic (exact) mass is 263 g/mol. The number of fused-ring (bicyclic) bond motifs is 1. The van der Waals surface area contributed by atoms with Crippen molar-refractivity contribution in [3.8, 4) is 0 Å². The highest BCUT2D eigenvalue weighted by Crippen LogP contribution is 2.15. The van der Waals surface area contributed by atoms with E-state index in [0.29, 0.717) is 16.8 Å². The van der Waals surface area contributed by atoms with Gasteiger partial charge in [-0.05, 0) is 39.0 Å². The largest absolute Gasteiger partial charge is 0.417 e. The van der Waals surface area contributed by atoms with Crippen LogP contribution in [-0.4, -0.2) is 23.0 Å². The van der Waals surface area contributed by atoms with Gasteiger partial charge in [0.15, 0.2) is 5.58 Å². The molecule has 0 unspecified atom stereocenters. The first kappa shape index (κ1) is 13.4. The molecule has 0 aliphatic carbocycles. The molecule has 1 aromatic heterocycles. The zero-order valence-electron chi connectivity index (χ0n) is 11.2. The molecule has 2 aromatic rings. The van der Waals surface area contributed by atoms with Gasteiger partial charge in [-0.2, -0.15) is 0 Å². The summed E-state index contributed by atoms with van der Waals surface area (Å²) in [5.41, 5.74) is 1.53. The van der Waals surface area contributed by atoms with Crippen LogP contribution in [0.5, 0.6) is 0 Å². The molecule has 0 aliphatic heterocycles. The number of carbonyl (C=O) groups excluding carboxylic acids is 1. The molecule has 1 amide bonds. The first-order valence-corrected chi connectivity index (χ1v) is 6.01. The molecule has 0 fully saturated rings. The van der Waals surface area contributed by atoms with Crippen molar-refractivity contribution in [2.45, 2.75) is 26.3 Å². The predicted octanol–water partition coefficient (Wildman–Crippen LogP) is 1.45. The Kier molecular flexibility index (Phi) is 3.44. The smallest absolute Gasteiger partial charge is 0.408 e. The molecule has 6 nitrogen and oxygen atoms in total. The highest BCUT2D eigenvalue weighted by Gasteiger charge is 2.11. The maximum absolute atomic E-state index is 11.7. The van der Waals surface area contributed by atoms with Crippen molar-refractivity contribution >= 4 is 22.7 Å². The Morgan fingerprint density at radius 3 is 2.79 bits per heavy atom. The molecular weight excluding hydrogens is 246 g/mol.